The van der Waals surface area contributed by atoms with Crippen molar-refractivity contribution in [1.82, 2.24) is 9.80 Å². The number of hydrogen-bond donors (Lipinski definition) is 1. The molecular weight excluding hydrogens is 323 g/mol. The van der Waals surface area contributed by atoms with Gasteiger partial charge in [-0.05, 0) is 30.5 Å². The van der Waals surface area contributed by atoms with E-state index in [9.17, 15) is 19.1 Å². The van der Waals surface area contributed by atoms with Crippen LogP contribution in [0, 0.1) is 17.7 Å². The number of amides is 1. The number of carbonyl (C=O) groups is 2. The predicted molar refractivity (Wildman–Crippen MR) is 91.2 cm³/mol. The fourth-order valence-corrected chi connectivity index (χ4v) is 3.57. The third-order valence-electron chi connectivity index (χ3n) is 5.07. The number of rotatable bonds is 4. The molecule has 1 fully saturated rings. The molecule has 1 N–H and O–H groups in total. The molecule has 1 amide bonds. The zero-order valence-electron chi connectivity index (χ0n) is 14.1. The van der Waals surface area contributed by atoms with E-state index >= 15 is 0 Å². The number of halogens is 1. The molecule has 5 nitrogen and oxygen atoms in total. The smallest absolute Gasteiger partial charge is 0.307 e. The first-order chi connectivity index (χ1) is 12.0. The Morgan fingerprint density at radius 2 is 1.60 bits per heavy atom. The highest BCUT2D eigenvalue weighted by Crippen LogP contribution is 2.28. The second kappa shape index (κ2) is 7.78. The van der Waals surface area contributed by atoms with Crippen LogP contribution in [0.4, 0.5) is 4.39 Å². The highest BCUT2D eigenvalue weighted by atomic mass is 19.1. The second-order valence-corrected chi connectivity index (χ2v) is 6.72. The molecule has 0 aromatic heterocycles. The van der Waals surface area contributed by atoms with E-state index < -0.39 is 17.8 Å². The third-order valence-corrected chi connectivity index (χ3v) is 5.07. The first kappa shape index (κ1) is 17.6. The highest BCUT2D eigenvalue weighted by molar-refractivity contribution is 5.85. The fourth-order valence-electron chi connectivity index (χ4n) is 3.57. The van der Waals surface area contributed by atoms with Gasteiger partial charge in [0.2, 0.25) is 5.91 Å². The molecule has 1 aromatic carbocycles. The number of carboxylic acid groups (broad SMARTS) is 1. The van der Waals surface area contributed by atoms with E-state index in [1.54, 1.807) is 17.0 Å². The van der Waals surface area contributed by atoms with Crippen molar-refractivity contribution in [3.05, 3.63) is 47.8 Å². The van der Waals surface area contributed by atoms with Crippen molar-refractivity contribution in [2.75, 3.05) is 26.2 Å². The summed E-state index contributed by atoms with van der Waals surface area (Å²) in [4.78, 5) is 28.2. The Morgan fingerprint density at radius 1 is 1.00 bits per heavy atom. The van der Waals surface area contributed by atoms with Crippen LogP contribution in [-0.4, -0.2) is 53.0 Å². The SMILES string of the molecule is O=C(O)C1CC=CCC1C(=O)N1CCN(Cc2ccc(F)cc2)CC1. The molecule has 2 aliphatic rings. The molecule has 1 aliphatic carbocycles. The summed E-state index contributed by atoms with van der Waals surface area (Å²) in [6.07, 6.45) is 4.69. The monoisotopic (exact) mass is 346 g/mol. The maximum absolute atomic E-state index is 13.0. The van der Waals surface area contributed by atoms with Crippen LogP contribution in [0.15, 0.2) is 36.4 Å². The molecule has 134 valence electrons. The van der Waals surface area contributed by atoms with Crippen LogP contribution < -0.4 is 0 Å². The maximum Gasteiger partial charge on any atom is 0.307 e. The lowest BCUT2D eigenvalue weighted by atomic mass is 9.82. The Balaban J connectivity index is 1.54. The van der Waals surface area contributed by atoms with Gasteiger partial charge in [0.05, 0.1) is 11.8 Å². The van der Waals surface area contributed by atoms with Gasteiger partial charge in [0, 0.05) is 32.7 Å². The Kier molecular flexibility index (Phi) is 5.48. The van der Waals surface area contributed by atoms with Crippen LogP contribution >= 0.6 is 0 Å². The summed E-state index contributed by atoms with van der Waals surface area (Å²) >= 11 is 0. The fraction of sp³-hybridized carbons (Fsp3) is 0.474. The van der Waals surface area contributed by atoms with E-state index in [1.807, 2.05) is 12.2 Å². The van der Waals surface area contributed by atoms with Gasteiger partial charge < -0.3 is 10.0 Å². The number of nitrogens with zero attached hydrogens (tertiary/aromatic N) is 2. The standard InChI is InChI=1S/C19H23FN2O3/c20-15-7-5-14(6-8-15)13-21-9-11-22(12-10-21)18(23)16-3-1-2-4-17(16)19(24)25/h1-2,5-8,16-17H,3-4,9-13H2,(H,24,25). The van der Waals surface area contributed by atoms with Gasteiger partial charge in [-0.3, -0.25) is 14.5 Å². The van der Waals surface area contributed by atoms with Gasteiger partial charge in [-0.2, -0.15) is 0 Å². The molecule has 0 bridgehead atoms. The summed E-state index contributed by atoms with van der Waals surface area (Å²) in [5.74, 6) is -2.24. The summed E-state index contributed by atoms with van der Waals surface area (Å²) in [5.41, 5.74) is 1.05. The van der Waals surface area contributed by atoms with E-state index in [4.69, 9.17) is 0 Å². The topological polar surface area (TPSA) is 60.9 Å². The molecule has 6 heteroatoms. The van der Waals surface area contributed by atoms with E-state index in [-0.39, 0.29) is 11.7 Å². The number of hydrogen-bond acceptors (Lipinski definition) is 3. The minimum Gasteiger partial charge on any atom is -0.481 e. The quantitative estimate of drug-likeness (QED) is 0.849. The Morgan fingerprint density at radius 3 is 2.20 bits per heavy atom. The lowest BCUT2D eigenvalue weighted by Crippen LogP contribution is -2.51. The number of benzene rings is 1. The molecule has 3 rings (SSSR count). The number of aliphatic carboxylic acids is 1. The lowest BCUT2D eigenvalue weighted by Gasteiger charge is -2.37. The molecule has 2 atom stereocenters. The first-order valence-electron chi connectivity index (χ1n) is 8.68. The zero-order valence-corrected chi connectivity index (χ0v) is 14.1. The van der Waals surface area contributed by atoms with Crippen molar-refractivity contribution < 1.29 is 19.1 Å². The van der Waals surface area contributed by atoms with Crippen LogP contribution in [0.3, 0.4) is 0 Å². The lowest BCUT2D eigenvalue weighted by molar-refractivity contribution is -0.151. The molecule has 0 saturated carbocycles. The van der Waals surface area contributed by atoms with Crippen molar-refractivity contribution in [1.29, 1.82) is 0 Å². The van der Waals surface area contributed by atoms with Gasteiger partial charge >= 0.3 is 5.97 Å². The number of allylic oxidation sites excluding steroid dienone is 2. The zero-order chi connectivity index (χ0) is 17.8. The summed E-state index contributed by atoms with van der Waals surface area (Å²) in [6.45, 7) is 3.41. The number of carbonyl (C=O) groups excluding carboxylic acids is 1. The molecule has 1 saturated heterocycles. The summed E-state index contributed by atoms with van der Waals surface area (Å²) in [5, 5.41) is 9.34. The average molecular weight is 346 g/mol. The third kappa shape index (κ3) is 4.25. The highest BCUT2D eigenvalue weighted by Gasteiger charge is 2.37. The minimum absolute atomic E-state index is 0.0433. The molecule has 1 aromatic rings. The van der Waals surface area contributed by atoms with E-state index in [0.717, 1.165) is 25.2 Å². The van der Waals surface area contributed by atoms with Crippen LogP contribution in [0.25, 0.3) is 0 Å². The molecule has 0 spiro atoms. The van der Waals surface area contributed by atoms with Crippen LogP contribution in [-0.2, 0) is 16.1 Å². The van der Waals surface area contributed by atoms with Crippen molar-refractivity contribution >= 4 is 11.9 Å². The summed E-state index contributed by atoms with van der Waals surface area (Å²) in [7, 11) is 0. The molecule has 2 unspecified atom stereocenters. The van der Waals surface area contributed by atoms with E-state index in [1.165, 1.54) is 12.1 Å². The van der Waals surface area contributed by atoms with Gasteiger partial charge in [-0.1, -0.05) is 24.3 Å². The van der Waals surface area contributed by atoms with Crippen molar-refractivity contribution in [3.8, 4) is 0 Å². The van der Waals surface area contributed by atoms with Crippen molar-refractivity contribution in [3.63, 3.8) is 0 Å². The van der Waals surface area contributed by atoms with E-state index in [2.05, 4.69) is 4.90 Å². The van der Waals surface area contributed by atoms with Crippen LogP contribution in [0.5, 0.6) is 0 Å². The van der Waals surface area contributed by atoms with Crippen molar-refractivity contribution in [2.24, 2.45) is 11.8 Å². The van der Waals surface area contributed by atoms with Crippen molar-refractivity contribution in [2.45, 2.75) is 19.4 Å². The molecular formula is C19H23FN2O3. The van der Waals surface area contributed by atoms with E-state index in [0.29, 0.717) is 25.9 Å². The van der Waals surface area contributed by atoms with Gasteiger partial charge in [0.15, 0.2) is 0 Å². The Hall–Kier alpha value is -2.21. The molecule has 1 aliphatic heterocycles. The molecule has 1 heterocycles. The minimum atomic E-state index is -0.891. The maximum atomic E-state index is 13.0. The molecule has 0 radical (unpaired) electrons. The average Bonchev–Trinajstić information content (AvgIpc) is 2.63. The summed E-state index contributed by atoms with van der Waals surface area (Å²) in [6, 6.07) is 6.47. The normalized spacial score (nSPS) is 24.3. The first-order valence-corrected chi connectivity index (χ1v) is 8.68. The van der Waals surface area contributed by atoms with Gasteiger partial charge in [0.1, 0.15) is 5.82 Å². The number of carboxylic acids is 1. The van der Waals surface area contributed by atoms with Crippen LogP contribution in [0.1, 0.15) is 18.4 Å². The summed E-state index contributed by atoms with van der Waals surface area (Å²) < 4.78 is 13.0. The largest absolute Gasteiger partial charge is 0.481 e. The Bertz CT molecular complexity index is 651. The predicted octanol–water partition coefficient (Wildman–Crippen LogP) is 2.14. The van der Waals surface area contributed by atoms with Gasteiger partial charge in [-0.15, -0.1) is 0 Å². The van der Waals surface area contributed by atoms with Gasteiger partial charge in [-0.25, -0.2) is 4.39 Å². The second-order valence-electron chi connectivity index (χ2n) is 6.72. The Labute approximate surface area is 146 Å². The van der Waals surface area contributed by atoms with Gasteiger partial charge in [0.25, 0.3) is 0 Å². The molecule has 25 heavy (non-hydrogen) atoms. The number of piperazine rings is 1. The van der Waals surface area contributed by atoms with Crippen LogP contribution in [0.2, 0.25) is 0 Å².